The van der Waals surface area contributed by atoms with Crippen molar-refractivity contribution >= 4 is 29.5 Å². The highest BCUT2D eigenvalue weighted by Gasteiger charge is 2.77. The van der Waals surface area contributed by atoms with Gasteiger partial charge in [-0.25, -0.2) is 0 Å². The van der Waals surface area contributed by atoms with Gasteiger partial charge < -0.3 is 20.6 Å². The van der Waals surface area contributed by atoms with Crippen LogP contribution in [0, 0.1) is 17.3 Å². The van der Waals surface area contributed by atoms with E-state index in [4.69, 9.17) is 0 Å². The second kappa shape index (κ2) is 10.2. The summed E-state index contributed by atoms with van der Waals surface area (Å²) >= 11 is 1.72. The highest BCUT2D eigenvalue weighted by Crippen LogP contribution is 2.71. The molecule has 3 aliphatic heterocycles. The SMILES string of the molecule is CCCNC(=O)[C@H]1[C@H]2C(=O)N(CCCCCO)C(C(=O)NC(C)(C)CC(C)(C)C)C23CC[C@]1(C)S3. The largest absolute Gasteiger partial charge is 0.396 e. The molecule has 2 bridgehead atoms. The smallest absolute Gasteiger partial charge is 0.244 e. The predicted octanol–water partition coefficient (Wildman–Crippen LogP) is 3.49. The Kier molecular flexibility index (Phi) is 8.27. The lowest BCUT2D eigenvalue weighted by molar-refractivity contribution is -0.141. The third-order valence-electron chi connectivity index (χ3n) is 7.85. The molecule has 3 rings (SSSR count). The maximum Gasteiger partial charge on any atom is 0.244 e. The van der Waals surface area contributed by atoms with Gasteiger partial charge in [-0.05, 0) is 71.1 Å². The van der Waals surface area contributed by atoms with Crippen LogP contribution in [0.4, 0.5) is 0 Å². The van der Waals surface area contributed by atoms with Gasteiger partial charge in [-0.2, -0.15) is 0 Å². The Morgan fingerprint density at radius 2 is 1.80 bits per heavy atom. The van der Waals surface area contributed by atoms with E-state index in [0.717, 1.165) is 38.5 Å². The summed E-state index contributed by atoms with van der Waals surface area (Å²) in [5, 5.41) is 15.5. The Morgan fingerprint density at radius 1 is 1.11 bits per heavy atom. The Bertz CT molecular complexity index is 826. The minimum Gasteiger partial charge on any atom is -0.396 e. The van der Waals surface area contributed by atoms with Gasteiger partial charge in [0.15, 0.2) is 0 Å². The van der Waals surface area contributed by atoms with Crippen LogP contribution >= 0.6 is 11.8 Å². The van der Waals surface area contributed by atoms with E-state index in [2.05, 4.69) is 52.2 Å². The van der Waals surface area contributed by atoms with Crippen LogP contribution in [0.1, 0.15) is 93.4 Å². The van der Waals surface area contributed by atoms with Crippen LogP contribution in [0.25, 0.3) is 0 Å². The Hall–Kier alpha value is -1.28. The molecule has 5 atom stereocenters. The molecule has 3 N–H and O–H groups in total. The lowest BCUT2D eigenvalue weighted by atomic mass is 9.66. The fourth-order valence-electron chi connectivity index (χ4n) is 7.07. The maximum absolute atomic E-state index is 14.0. The molecule has 3 saturated heterocycles. The molecule has 0 saturated carbocycles. The molecule has 3 fully saturated rings. The van der Waals surface area contributed by atoms with Gasteiger partial charge in [-0.15, -0.1) is 11.8 Å². The minimum absolute atomic E-state index is 0.0452. The topological polar surface area (TPSA) is 98.7 Å². The molecule has 2 unspecified atom stereocenters. The molecule has 0 aromatic heterocycles. The quantitative estimate of drug-likeness (QED) is 0.370. The van der Waals surface area contributed by atoms with Gasteiger partial charge in [-0.3, -0.25) is 14.4 Å². The zero-order valence-corrected chi connectivity index (χ0v) is 23.6. The number of carbonyl (C=O) groups excluding carboxylic acids is 3. The van der Waals surface area contributed by atoms with Gasteiger partial charge in [-0.1, -0.05) is 27.7 Å². The number of nitrogens with zero attached hydrogens (tertiary/aromatic N) is 1. The molecule has 0 aliphatic carbocycles. The number of aliphatic hydroxyl groups is 1. The van der Waals surface area contributed by atoms with Crippen molar-refractivity contribution in [2.45, 2.75) is 114 Å². The van der Waals surface area contributed by atoms with Crippen LogP contribution in [-0.2, 0) is 14.4 Å². The molecule has 3 amide bonds. The first-order valence-corrected chi connectivity index (χ1v) is 14.2. The monoisotopic (exact) mass is 509 g/mol. The summed E-state index contributed by atoms with van der Waals surface area (Å²) in [6.07, 6.45) is 5.47. The number of thioether (sulfide) groups is 1. The Morgan fingerprint density at radius 3 is 2.40 bits per heavy atom. The predicted molar refractivity (Wildman–Crippen MR) is 141 cm³/mol. The van der Waals surface area contributed by atoms with E-state index in [1.54, 1.807) is 16.7 Å². The highest BCUT2D eigenvalue weighted by molar-refractivity contribution is 8.02. The van der Waals surface area contributed by atoms with Gasteiger partial charge in [0.1, 0.15) is 6.04 Å². The molecule has 1 spiro atoms. The van der Waals surface area contributed by atoms with Gasteiger partial charge in [0.2, 0.25) is 17.7 Å². The van der Waals surface area contributed by atoms with Crippen LogP contribution < -0.4 is 10.6 Å². The Balaban J connectivity index is 1.94. The Labute approximate surface area is 215 Å². The molecule has 3 heterocycles. The summed E-state index contributed by atoms with van der Waals surface area (Å²) in [7, 11) is 0. The van der Waals surface area contributed by atoms with Gasteiger partial charge in [0, 0.05) is 30.0 Å². The average Bonchev–Trinajstić information content (AvgIpc) is 3.28. The molecule has 35 heavy (non-hydrogen) atoms. The number of fused-ring (bicyclic) bond motifs is 1. The second-order valence-corrected chi connectivity index (χ2v) is 14.8. The van der Waals surface area contributed by atoms with E-state index in [-0.39, 0.29) is 34.5 Å². The number of hydrogen-bond acceptors (Lipinski definition) is 5. The number of amides is 3. The van der Waals surface area contributed by atoms with Crippen LogP contribution in [0.5, 0.6) is 0 Å². The van der Waals surface area contributed by atoms with Crippen LogP contribution in [-0.4, -0.2) is 68.5 Å². The summed E-state index contributed by atoms with van der Waals surface area (Å²) in [5.74, 6) is -1.07. The van der Waals surface area contributed by atoms with Crippen molar-refractivity contribution < 1.29 is 19.5 Å². The zero-order valence-electron chi connectivity index (χ0n) is 22.8. The minimum atomic E-state index is -0.579. The van der Waals surface area contributed by atoms with Crippen LogP contribution in [0.15, 0.2) is 0 Å². The van der Waals surface area contributed by atoms with Crippen molar-refractivity contribution in [2.24, 2.45) is 17.3 Å². The zero-order chi connectivity index (χ0) is 26.2. The highest BCUT2D eigenvalue weighted by atomic mass is 32.2. The van der Waals surface area contributed by atoms with E-state index in [1.807, 2.05) is 6.92 Å². The van der Waals surface area contributed by atoms with E-state index in [0.29, 0.717) is 19.5 Å². The van der Waals surface area contributed by atoms with Gasteiger partial charge in [0.05, 0.1) is 16.6 Å². The summed E-state index contributed by atoms with van der Waals surface area (Å²) in [6, 6.07) is -0.579. The summed E-state index contributed by atoms with van der Waals surface area (Å²) in [4.78, 5) is 43.1. The number of carbonyl (C=O) groups is 3. The van der Waals surface area contributed by atoms with Crippen molar-refractivity contribution in [2.75, 3.05) is 19.7 Å². The molecule has 7 nitrogen and oxygen atoms in total. The number of unbranched alkanes of at least 4 members (excludes halogenated alkanes) is 2. The number of aliphatic hydroxyl groups excluding tert-OH is 1. The average molecular weight is 510 g/mol. The third-order valence-corrected chi connectivity index (χ3v) is 9.83. The van der Waals surface area contributed by atoms with Gasteiger partial charge in [0.25, 0.3) is 0 Å². The third kappa shape index (κ3) is 5.53. The van der Waals surface area contributed by atoms with Crippen molar-refractivity contribution in [3.63, 3.8) is 0 Å². The number of nitrogens with one attached hydrogen (secondary N) is 2. The lowest BCUT2D eigenvalue weighted by Crippen LogP contribution is -2.58. The lowest BCUT2D eigenvalue weighted by Gasteiger charge is -2.38. The maximum atomic E-state index is 14.0. The van der Waals surface area contributed by atoms with Crippen molar-refractivity contribution in [1.29, 1.82) is 0 Å². The molecular formula is C27H47N3O4S. The van der Waals surface area contributed by atoms with Crippen LogP contribution in [0.2, 0.25) is 0 Å². The van der Waals surface area contributed by atoms with E-state index in [9.17, 15) is 19.5 Å². The fraction of sp³-hybridized carbons (Fsp3) is 0.889. The van der Waals surface area contributed by atoms with Gasteiger partial charge >= 0.3 is 0 Å². The fourth-order valence-corrected chi connectivity index (χ4v) is 9.42. The summed E-state index contributed by atoms with van der Waals surface area (Å²) in [5.41, 5.74) is -0.373. The molecule has 3 aliphatic rings. The number of rotatable bonds is 11. The standard InChI is InChI=1S/C27H47N3O4S/c1-8-14-28-21(32)18-19-23(34)30(15-10-9-11-16-31)20(27(19)13-12-26(18,7)35-27)22(33)29-25(5,6)17-24(2,3)4/h18-20,31H,8-17H2,1-7H3,(H,28,32)(H,29,33)/t18-,19+,20?,26+,27?/m1/s1. The first-order valence-electron chi connectivity index (χ1n) is 13.4. The molecule has 0 radical (unpaired) electrons. The first kappa shape index (κ1) is 28.3. The molecule has 8 heteroatoms. The van der Waals surface area contributed by atoms with Crippen LogP contribution in [0.3, 0.4) is 0 Å². The molecule has 200 valence electrons. The van der Waals surface area contributed by atoms with E-state index >= 15 is 0 Å². The van der Waals surface area contributed by atoms with E-state index < -0.39 is 28.2 Å². The molecule has 0 aromatic carbocycles. The first-order chi connectivity index (χ1) is 16.2. The summed E-state index contributed by atoms with van der Waals surface area (Å²) < 4.78 is -0.903. The molecule has 0 aromatic rings. The van der Waals surface area contributed by atoms with Crippen molar-refractivity contribution in [3.8, 4) is 0 Å². The van der Waals surface area contributed by atoms with Crippen molar-refractivity contribution in [1.82, 2.24) is 15.5 Å². The number of likely N-dealkylation sites (tertiary alicyclic amines) is 1. The summed E-state index contributed by atoms with van der Waals surface area (Å²) in [6.45, 7) is 15.9. The molecular weight excluding hydrogens is 462 g/mol. The van der Waals surface area contributed by atoms with Crippen molar-refractivity contribution in [3.05, 3.63) is 0 Å². The van der Waals surface area contributed by atoms with E-state index in [1.165, 1.54) is 0 Å². The number of hydrogen-bond donors (Lipinski definition) is 3. The second-order valence-electron chi connectivity index (χ2n) is 12.9. The normalized spacial score (nSPS) is 32.2.